The van der Waals surface area contributed by atoms with Crippen molar-refractivity contribution in [1.29, 1.82) is 0 Å². The molecule has 1 aliphatic heterocycles. The number of halogens is 1. The minimum Gasteiger partial charge on any atom is -0.392 e. The molecule has 0 spiro atoms. The summed E-state index contributed by atoms with van der Waals surface area (Å²) < 4.78 is 0. The van der Waals surface area contributed by atoms with E-state index < -0.39 is 0 Å². The fourth-order valence-electron chi connectivity index (χ4n) is 1.50. The lowest BCUT2D eigenvalue weighted by Gasteiger charge is -2.29. The van der Waals surface area contributed by atoms with E-state index in [1.165, 1.54) is 0 Å². The van der Waals surface area contributed by atoms with Crippen molar-refractivity contribution in [1.82, 2.24) is 9.80 Å². The number of hydrogen-bond acceptors (Lipinski definition) is 3. The topological polar surface area (TPSA) is 26.7 Å². The van der Waals surface area contributed by atoms with Crippen LogP contribution in [-0.2, 0) is 0 Å². The van der Waals surface area contributed by atoms with Crippen LogP contribution >= 0.6 is 11.6 Å². The molecule has 1 N–H and O–H groups in total. The van der Waals surface area contributed by atoms with Crippen LogP contribution < -0.4 is 0 Å². The third kappa shape index (κ3) is 2.29. The molecule has 0 fully saturated rings. The summed E-state index contributed by atoms with van der Waals surface area (Å²) in [4.78, 5) is 3.98. The minimum absolute atomic E-state index is 0.0269. The van der Waals surface area contributed by atoms with Gasteiger partial charge in [0.05, 0.1) is 6.61 Å². The van der Waals surface area contributed by atoms with Crippen LogP contribution in [-0.4, -0.2) is 41.3 Å². The molecule has 1 atom stereocenters. The van der Waals surface area contributed by atoms with Gasteiger partial charge in [-0.3, -0.25) is 0 Å². The number of unbranched alkanes of at least 4 members (excludes halogenated alkanes) is 1. The number of aliphatic hydroxyl groups is 1. The summed E-state index contributed by atoms with van der Waals surface area (Å²) >= 11 is 6.02. The first-order valence-electron chi connectivity index (χ1n) is 4.67. The van der Waals surface area contributed by atoms with E-state index in [4.69, 9.17) is 16.7 Å². The Hall–Kier alpha value is -0.410. The molecule has 1 rings (SSSR count). The Labute approximate surface area is 84.6 Å². The molecule has 76 valence electrons. The molecule has 1 aliphatic rings. The lowest BCUT2D eigenvalue weighted by atomic mass is 10.3. The SMILES string of the molecule is CCCCN1C(Cl)=CN(C)[C@H]1CO. The van der Waals surface area contributed by atoms with Crippen LogP contribution in [0.5, 0.6) is 0 Å². The summed E-state index contributed by atoms with van der Waals surface area (Å²) in [5.41, 5.74) is 0. The third-order valence-corrected chi connectivity index (χ3v) is 2.65. The van der Waals surface area contributed by atoms with Gasteiger partial charge in [0, 0.05) is 19.8 Å². The Morgan fingerprint density at radius 2 is 2.31 bits per heavy atom. The largest absolute Gasteiger partial charge is 0.392 e. The van der Waals surface area contributed by atoms with E-state index in [-0.39, 0.29) is 12.8 Å². The highest BCUT2D eigenvalue weighted by molar-refractivity contribution is 6.29. The quantitative estimate of drug-likeness (QED) is 0.702. The summed E-state index contributed by atoms with van der Waals surface area (Å²) in [5.74, 6) is 0. The molecule has 13 heavy (non-hydrogen) atoms. The van der Waals surface area contributed by atoms with Gasteiger partial charge >= 0.3 is 0 Å². The molecule has 0 saturated heterocycles. The Balaban J connectivity index is 2.54. The number of hydrogen-bond donors (Lipinski definition) is 1. The predicted octanol–water partition coefficient (Wildman–Crippen LogP) is 1.39. The van der Waals surface area contributed by atoms with E-state index in [0.717, 1.165) is 24.5 Å². The van der Waals surface area contributed by atoms with Gasteiger partial charge in [-0.2, -0.15) is 0 Å². The van der Waals surface area contributed by atoms with Crippen LogP contribution in [0, 0.1) is 0 Å². The number of aliphatic hydroxyl groups excluding tert-OH is 1. The van der Waals surface area contributed by atoms with E-state index in [0.29, 0.717) is 0 Å². The molecule has 0 saturated carbocycles. The van der Waals surface area contributed by atoms with Gasteiger partial charge in [-0.25, -0.2) is 0 Å². The van der Waals surface area contributed by atoms with Crippen molar-refractivity contribution in [2.24, 2.45) is 0 Å². The first-order chi connectivity index (χ1) is 6.20. The summed E-state index contributed by atoms with van der Waals surface area (Å²) in [7, 11) is 1.93. The van der Waals surface area contributed by atoms with Crippen LogP contribution in [0.1, 0.15) is 19.8 Å². The summed E-state index contributed by atoms with van der Waals surface area (Å²) in [6.07, 6.45) is 4.13. The standard InChI is InChI=1S/C9H17ClN2O/c1-3-4-5-12-8(10)6-11(2)9(12)7-13/h6,9,13H,3-5,7H2,1-2H3/t9-/m1/s1. The number of rotatable bonds is 4. The van der Waals surface area contributed by atoms with Crippen LogP contribution in [0.2, 0.25) is 0 Å². The second-order valence-electron chi connectivity index (χ2n) is 3.33. The van der Waals surface area contributed by atoms with E-state index in [9.17, 15) is 0 Å². The lowest BCUT2D eigenvalue weighted by molar-refractivity contribution is 0.0940. The Morgan fingerprint density at radius 1 is 1.62 bits per heavy atom. The smallest absolute Gasteiger partial charge is 0.125 e. The summed E-state index contributed by atoms with van der Waals surface area (Å²) in [6.45, 7) is 3.18. The van der Waals surface area contributed by atoms with E-state index in [2.05, 4.69) is 6.92 Å². The second kappa shape index (κ2) is 4.72. The van der Waals surface area contributed by atoms with Crippen molar-refractivity contribution in [3.63, 3.8) is 0 Å². The van der Waals surface area contributed by atoms with E-state index >= 15 is 0 Å². The van der Waals surface area contributed by atoms with E-state index in [1.807, 2.05) is 23.0 Å². The predicted molar refractivity (Wildman–Crippen MR) is 54.2 cm³/mol. The molecule has 0 aromatic heterocycles. The van der Waals surface area contributed by atoms with Gasteiger partial charge in [-0.1, -0.05) is 24.9 Å². The van der Waals surface area contributed by atoms with Gasteiger partial charge in [0.25, 0.3) is 0 Å². The first-order valence-corrected chi connectivity index (χ1v) is 5.05. The summed E-state index contributed by atoms with van der Waals surface area (Å²) in [5, 5.41) is 9.88. The molecule has 0 radical (unpaired) electrons. The van der Waals surface area contributed by atoms with Crippen LogP contribution in [0.25, 0.3) is 0 Å². The van der Waals surface area contributed by atoms with Crippen LogP contribution in [0.3, 0.4) is 0 Å². The Bertz CT molecular complexity index is 196. The van der Waals surface area contributed by atoms with Gasteiger partial charge < -0.3 is 14.9 Å². The van der Waals surface area contributed by atoms with E-state index in [1.54, 1.807) is 0 Å². The van der Waals surface area contributed by atoms with Gasteiger partial charge in [0.15, 0.2) is 0 Å². The van der Waals surface area contributed by atoms with Crippen molar-refractivity contribution in [3.05, 3.63) is 11.4 Å². The minimum atomic E-state index is 0.0269. The molecule has 4 heteroatoms. The molecule has 0 unspecified atom stereocenters. The Morgan fingerprint density at radius 3 is 2.85 bits per heavy atom. The van der Waals surface area contributed by atoms with Gasteiger partial charge in [-0.15, -0.1) is 0 Å². The first kappa shape index (κ1) is 10.7. The monoisotopic (exact) mass is 204 g/mol. The van der Waals surface area contributed by atoms with Crippen LogP contribution in [0.15, 0.2) is 11.4 Å². The lowest BCUT2D eigenvalue weighted by Crippen LogP contribution is -2.40. The number of likely N-dealkylation sites (N-methyl/N-ethyl adjacent to an activating group) is 1. The van der Waals surface area contributed by atoms with Crippen molar-refractivity contribution < 1.29 is 5.11 Å². The molecule has 0 aromatic rings. The second-order valence-corrected chi connectivity index (χ2v) is 3.71. The zero-order valence-electron chi connectivity index (χ0n) is 8.20. The molecule has 1 heterocycles. The van der Waals surface area contributed by atoms with Crippen LogP contribution in [0.4, 0.5) is 0 Å². The maximum absolute atomic E-state index is 9.15. The normalized spacial score (nSPS) is 22.5. The average Bonchev–Trinajstić information content (AvgIpc) is 2.37. The van der Waals surface area contributed by atoms with Gasteiger partial charge in [-0.05, 0) is 6.42 Å². The summed E-state index contributed by atoms with van der Waals surface area (Å²) in [6, 6.07) is 0. The van der Waals surface area contributed by atoms with Crippen molar-refractivity contribution in [3.8, 4) is 0 Å². The van der Waals surface area contributed by atoms with Crippen molar-refractivity contribution in [2.45, 2.75) is 25.9 Å². The fourth-order valence-corrected chi connectivity index (χ4v) is 1.85. The zero-order valence-corrected chi connectivity index (χ0v) is 8.96. The van der Waals surface area contributed by atoms with Crippen molar-refractivity contribution >= 4 is 11.6 Å². The molecular formula is C9H17ClN2O. The molecule has 0 aromatic carbocycles. The average molecular weight is 205 g/mol. The molecule has 3 nitrogen and oxygen atoms in total. The van der Waals surface area contributed by atoms with Gasteiger partial charge in [0.1, 0.15) is 11.3 Å². The number of nitrogens with zero attached hydrogens (tertiary/aromatic N) is 2. The maximum atomic E-state index is 9.15. The third-order valence-electron chi connectivity index (χ3n) is 2.33. The molecule has 0 aliphatic carbocycles. The van der Waals surface area contributed by atoms with Gasteiger partial charge in [0.2, 0.25) is 0 Å². The Kier molecular flexibility index (Phi) is 3.88. The highest BCUT2D eigenvalue weighted by Crippen LogP contribution is 2.24. The fraction of sp³-hybridized carbons (Fsp3) is 0.778. The molecule has 0 amide bonds. The highest BCUT2D eigenvalue weighted by atomic mass is 35.5. The zero-order chi connectivity index (χ0) is 9.84. The highest BCUT2D eigenvalue weighted by Gasteiger charge is 2.27. The molecule has 0 bridgehead atoms. The van der Waals surface area contributed by atoms with Crippen molar-refractivity contribution in [2.75, 3.05) is 20.2 Å². The maximum Gasteiger partial charge on any atom is 0.125 e. The molecular weight excluding hydrogens is 188 g/mol.